The second kappa shape index (κ2) is 5.17. The molecule has 0 amide bonds. The summed E-state index contributed by atoms with van der Waals surface area (Å²) in [6, 6.07) is 1.99. The fourth-order valence-electron chi connectivity index (χ4n) is 1.78. The van der Waals surface area contributed by atoms with Gasteiger partial charge >= 0.3 is 0 Å². The fraction of sp³-hybridized carbons (Fsp3) is 0.636. The van der Waals surface area contributed by atoms with Crippen LogP contribution in [0.25, 0.3) is 0 Å². The van der Waals surface area contributed by atoms with Crippen LogP contribution in [0.2, 0.25) is 0 Å². The zero-order valence-electron chi connectivity index (χ0n) is 8.37. The maximum Gasteiger partial charge on any atom is 0.0947 e. The highest BCUT2D eigenvalue weighted by atomic mass is 16.5. The van der Waals surface area contributed by atoms with E-state index in [1.807, 2.05) is 6.07 Å². The van der Waals surface area contributed by atoms with Gasteiger partial charge in [0, 0.05) is 25.3 Å². The molecule has 78 valence electrons. The third-order valence-corrected chi connectivity index (χ3v) is 2.60. The highest BCUT2D eigenvalue weighted by Crippen LogP contribution is 2.12. The Balaban J connectivity index is 1.62. The Bertz CT molecular complexity index is 240. The van der Waals surface area contributed by atoms with Crippen molar-refractivity contribution in [2.24, 2.45) is 5.92 Å². The molecule has 0 aliphatic carbocycles. The van der Waals surface area contributed by atoms with Crippen LogP contribution in [-0.2, 0) is 11.3 Å². The Morgan fingerprint density at radius 2 is 2.50 bits per heavy atom. The van der Waals surface area contributed by atoms with E-state index in [0.717, 1.165) is 26.3 Å². The van der Waals surface area contributed by atoms with Crippen molar-refractivity contribution >= 4 is 0 Å². The summed E-state index contributed by atoms with van der Waals surface area (Å²) in [5.74, 6) is 0.690. The van der Waals surface area contributed by atoms with E-state index in [-0.39, 0.29) is 0 Å². The van der Waals surface area contributed by atoms with E-state index < -0.39 is 0 Å². The van der Waals surface area contributed by atoms with Crippen LogP contribution in [0, 0.1) is 5.92 Å². The second-order valence-electron chi connectivity index (χ2n) is 3.85. The monoisotopic (exact) mass is 195 g/mol. The quantitative estimate of drug-likeness (QED) is 0.795. The predicted molar refractivity (Wildman–Crippen MR) is 54.0 cm³/mol. The van der Waals surface area contributed by atoms with E-state index in [4.69, 9.17) is 9.15 Å². The number of hydrogen-bond donors (Lipinski definition) is 1. The molecule has 1 aromatic rings. The molecule has 1 N–H and O–H groups in total. The van der Waals surface area contributed by atoms with Crippen molar-refractivity contribution in [1.82, 2.24) is 5.32 Å². The average molecular weight is 195 g/mol. The van der Waals surface area contributed by atoms with Gasteiger partial charge in [-0.2, -0.15) is 0 Å². The van der Waals surface area contributed by atoms with E-state index in [1.54, 1.807) is 12.5 Å². The van der Waals surface area contributed by atoms with Gasteiger partial charge in [-0.1, -0.05) is 0 Å². The smallest absolute Gasteiger partial charge is 0.0947 e. The SMILES string of the molecule is c1cc(CNCC2CCCOC2)co1. The van der Waals surface area contributed by atoms with Gasteiger partial charge in [0.25, 0.3) is 0 Å². The van der Waals surface area contributed by atoms with Gasteiger partial charge in [0.05, 0.1) is 19.1 Å². The maximum atomic E-state index is 5.41. The van der Waals surface area contributed by atoms with Crippen molar-refractivity contribution in [1.29, 1.82) is 0 Å². The summed E-state index contributed by atoms with van der Waals surface area (Å²) in [4.78, 5) is 0. The van der Waals surface area contributed by atoms with E-state index >= 15 is 0 Å². The molecule has 2 rings (SSSR count). The number of hydrogen-bond acceptors (Lipinski definition) is 3. The summed E-state index contributed by atoms with van der Waals surface area (Å²) in [5.41, 5.74) is 1.21. The van der Waals surface area contributed by atoms with Gasteiger partial charge < -0.3 is 14.5 Å². The number of furan rings is 1. The molecule has 1 atom stereocenters. The lowest BCUT2D eigenvalue weighted by Crippen LogP contribution is -2.28. The Morgan fingerprint density at radius 3 is 3.21 bits per heavy atom. The molecule has 1 unspecified atom stereocenters. The summed E-state index contributed by atoms with van der Waals surface area (Å²) in [5, 5.41) is 3.42. The summed E-state index contributed by atoms with van der Waals surface area (Å²) < 4.78 is 10.4. The van der Waals surface area contributed by atoms with Crippen LogP contribution in [0.3, 0.4) is 0 Å². The molecule has 2 heterocycles. The van der Waals surface area contributed by atoms with E-state index in [9.17, 15) is 0 Å². The van der Waals surface area contributed by atoms with Crippen LogP contribution in [0.1, 0.15) is 18.4 Å². The molecule has 1 aromatic heterocycles. The minimum absolute atomic E-state index is 0.690. The van der Waals surface area contributed by atoms with E-state index in [1.165, 1.54) is 18.4 Å². The summed E-state index contributed by atoms with van der Waals surface area (Å²) in [6.07, 6.45) is 5.99. The van der Waals surface area contributed by atoms with Crippen LogP contribution in [0.15, 0.2) is 23.0 Å². The predicted octanol–water partition coefficient (Wildman–Crippen LogP) is 1.80. The van der Waals surface area contributed by atoms with E-state index in [0.29, 0.717) is 5.92 Å². The first-order chi connectivity index (χ1) is 6.95. The van der Waals surface area contributed by atoms with E-state index in [2.05, 4.69) is 5.32 Å². The third-order valence-electron chi connectivity index (χ3n) is 2.60. The molecule has 1 aliphatic rings. The molecule has 0 spiro atoms. The molecular weight excluding hydrogens is 178 g/mol. The van der Waals surface area contributed by atoms with Crippen LogP contribution < -0.4 is 5.32 Å². The standard InChI is InChI=1S/C11H17NO2/c1-2-10(8-13-4-1)6-12-7-11-3-5-14-9-11/h3,5,9-10,12H,1-2,4,6-8H2. The summed E-state index contributed by atoms with van der Waals surface area (Å²) >= 11 is 0. The molecule has 1 aliphatic heterocycles. The molecule has 1 fully saturated rings. The van der Waals surface area contributed by atoms with Gasteiger partial charge in [0.2, 0.25) is 0 Å². The molecule has 3 nitrogen and oxygen atoms in total. The lowest BCUT2D eigenvalue weighted by atomic mass is 10.0. The topological polar surface area (TPSA) is 34.4 Å². The van der Waals surface area contributed by atoms with Gasteiger partial charge in [-0.15, -0.1) is 0 Å². The van der Waals surface area contributed by atoms with Crippen molar-refractivity contribution in [3.63, 3.8) is 0 Å². The Hall–Kier alpha value is -0.800. The largest absolute Gasteiger partial charge is 0.472 e. The van der Waals surface area contributed by atoms with Gasteiger partial charge in [-0.25, -0.2) is 0 Å². The first kappa shape index (κ1) is 9.74. The van der Waals surface area contributed by atoms with Gasteiger partial charge in [-0.3, -0.25) is 0 Å². The molecule has 0 saturated carbocycles. The first-order valence-corrected chi connectivity index (χ1v) is 5.24. The Morgan fingerprint density at radius 1 is 1.50 bits per heavy atom. The second-order valence-corrected chi connectivity index (χ2v) is 3.85. The zero-order chi connectivity index (χ0) is 9.64. The van der Waals surface area contributed by atoms with Crippen molar-refractivity contribution in [3.8, 4) is 0 Å². The van der Waals surface area contributed by atoms with Crippen LogP contribution in [0.5, 0.6) is 0 Å². The number of nitrogens with one attached hydrogen (secondary N) is 1. The molecule has 0 aromatic carbocycles. The van der Waals surface area contributed by atoms with Crippen molar-refractivity contribution < 1.29 is 9.15 Å². The zero-order valence-corrected chi connectivity index (χ0v) is 8.37. The highest BCUT2D eigenvalue weighted by molar-refractivity contribution is 5.04. The molecular formula is C11H17NO2. The van der Waals surface area contributed by atoms with Crippen LogP contribution >= 0.6 is 0 Å². The molecule has 3 heteroatoms. The molecule has 14 heavy (non-hydrogen) atoms. The van der Waals surface area contributed by atoms with Crippen LogP contribution in [-0.4, -0.2) is 19.8 Å². The lowest BCUT2D eigenvalue weighted by Gasteiger charge is -2.22. The van der Waals surface area contributed by atoms with Crippen molar-refractivity contribution in [2.45, 2.75) is 19.4 Å². The highest BCUT2D eigenvalue weighted by Gasteiger charge is 2.12. The van der Waals surface area contributed by atoms with Gasteiger partial charge in [0.1, 0.15) is 0 Å². The fourth-order valence-corrected chi connectivity index (χ4v) is 1.78. The summed E-state index contributed by atoms with van der Waals surface area (Å²) in [7, 11) is 0. The van der Waals surface area contributed by atoms with Crippen molar-refractivity contribution in [2.75, 3.05) is 19.8 Å². The van der Waals surface area contributed by atoms with Gasteiger partial charge in [0.15, 0.2) is 0 Å². The normalized spacial score (nSPS) is 22.4. The molecule has 1 saturated heterocycles. The molecule has 0 bridgehead atoms. The number of ether oxygens (including phenoxy) is 1. The average Bonchev–Trinajstić information content (AvgIpc) is 2.72. The van der Waals surface area contributed by atoms with Crippen molar-refractivity contribution in [3.05, 3.63) is 24.2 Å². The minimum atomic E-state index is 0.690. The summed E-state index contributed by atoms with van der Waals surface area (Å²) in [6.45, 7) is 3.80. The third kappa shape index (κ3) is 2.86. The molecule has 0 radical (unpaired) electrons. The minimum Gasteiger partial charge on any atom is -0.472 e. The lowest BCUT2D eigenvalue weighted by molar-refractivity contribution is 0.0547. The first-order valence-electron chi connectivity index (χ1n) is 5.24. The Labute approximate surface area is 84.4 Å². The Kier molecular flexibility index (Phi) is 3.60. The maximum absolute atomic E-state index is 5.41. The number of rotatable bonds is 4. The van der Waals surface area contributed by atoms with Gasteiger partial charge in [-0.05, 0) is 24.8 Å². The van der Waals surface area contributed by atoms with Crippen LogP contribution in [0.4, 0.5) is 0 Å².